The van der Waals surface area contributed by atoms with Crippen LogP contribution in [0.4, 0.5) is 11.4 Å². The van der Waals surface area contributed by atoms with E-state index in [4.69, 9.17) is 0 Å². The Morgan fingerprint density at radius 3 is 2.22 bits per heavy atom. The highest BCUT2D eigenvalue weighted by Gasteiger charge is 2.39. The van der Waals surface area contributed by atoms with Crippen LogP contribution in [0.3, 0.4) is 0 Å². The number of hydrogen-bond acceptors (Lipinski definition) is 7. The van der Waals surface area contributed by atoms with Crippen LogP contribution < -0.4 is 9.80 Å². The van der Waals surface area contributed by atoms with Crippen molar-refractivity contribution in [3.05, 3.63) is 144 Å². The molecule has 45 heavy (non-hydrogen) atoms. The van der Waals surface area contributed by atoms with Crippen molar-refractivity contribution in [1.82, 2.24) is 24.5 Å². The van der Waals surface area contributed by atoms with Crippen LogP contribution in [0.5, 0.6) is 0 Å². The second-order valence-corrected chi connectivity index (χ2v) is 12.9. The molecule has 1 atom stereocenters. The molecule has 0 aromatic heterocycles. The highest BCUT2D eigenvalue weighted by molar-refractivity contribution is 5.61. The number of allylic oxidation sites excluding steroid dienone is 5. The molecule has 0 saturated carbocycles. The summed E-state index contributed by atoms with van der Waals surface area (Å²) in [6.07, 6.45) is 17.4. The lowest BCUT2D eigenvalue weighted by Gasteiger charge is -2.57. The van der Waals surface area contributed by atoms with Crippen LogP contribution in [-0.4, -0.2) is 76.7 Å². The van der Waals surface area contributed by atoms with Crippen molar-refractivity contribution in [2.24, 2.45) is 0 Å². The van der Waals surface area contributed by atoms with E-state index >= 15 is 0 Å². The zero-order valence-corrected chi connectivity index (χ0v) is 26.7. The van der Waals surface area contributed by atoms with E-state index in [1.165, 1.54) is 51.4 Å². The summed E-state index contributed by atoms with van der Waals surface area (Å²) in [6, 6.07) is 21.5. The average molecular weight is 598 g/mol. The van der Waals surface area contributed by atoms with Crippen molar-refractivity contribution in [2.45, 2.75) is 33.4 Å². The topological polar surface area (TPSA) is 22.7 Å². The first-order chi connectivity index (χ1) is 22.0. The normalized spacial score (nSPS) is 23.0. The van der Waals surface area contributed by atoms with Crippen LogP contribution in [0.1, 0.15) is 27.2 Å². The van der Waals surface area contributed by atoms with Crippen LogP contribution in [0.15, 0.2) is 132 Å². The van der Waals surface area contributed by atoms with Gasteiger partial charge in [-0.2, -0.15) is 5.92 Å². The quantitative estimate of drug-likeness (QED) is 0.361. The van der Waals surface area contributed by atoms with Gasteiger partial charge < -0.3 is 34.3 Å². The minimum absolute atomic E-state index is 0.236. The fourth-order valence-electron chi connectivity index (χ4n) is 7.81. The van der Waals surface area contributed by atoms with Crippen LogP contribution in [0.2, 0.25) is 0 Å². The van der Waals surface area contributed by atoms with Gasteiger partial charge in [-0.1, -0.05) is 47.7 Å². The van der Waals surface area contributed by atoms with E-state index in [1.54, 1.807) is 0 Å². The molecule has 5 heterocycles. The molecule has 8 rings (SSSR count). The molecule has 1 fully saturated rings. The van der Waals surface area contributed by atoms with E-state index in [0.717, 1.165) is 52.5 Å². The van der Waals surface area contributed by atoms with Crippen molar-refractivity contribution < 1.29 is 0 Å². The standard InChI is InChI=1S/C38H43N7/c1-29-24-40(27-43(29)32-12-6-4-7-13-32)21-20-39-19-18-35-37(42-25-30(2)44(28-42)33-14-8-5-9-15-33)34-16-10-11-17-36(34)45-31(3)26-41(23-22-39)38(35)45/h4-17,24-26,38H,18-23,27-28H2,1-3H3/q-2. The van der Waals surface area contributed by atoms with Gasteiger partial charge in [0.05, 0.1) is 19.5 Å². The number of fused-ring (bicyclic) bond motifs is 2. The van der Waals surface area contributed by atoms with Crippen LogP contribution >= 0.6 is 0 Å². The molecule has 1 saturated heterocycles. The van der Waals surface area contributed by atoms with Crippen LogP contribution in [-0.2, 0) is 0 Å². The Morgan fingerprint density at radius 1 is 0.756 bits per heavy atom. The number of para-hydroxylation sites is 2. The summed E-state index contributed by atoms with van der Waals surface area (Å²) in [7, 11) is 0. The Kier molecular flexibility index (Phi) is 7.06. The third kappa shape index (κ3) is 4.95. The maximum absolute atomic E-state index is 2.68. The Hall–Kier alpha value is -4.62. The summed E-state index contributed by atoms with van der Waals surface area (Å²) in [6.45, 7) is 13.7. The number of rotatable bonds is 6. The molecular formula is C38H43N7-2. The Morgan fingerprint density at radius 2 is 1.47 bits per heavy atom. The second kappa shape index (κ2) is 11.4. The third-order valence-electron chi connectivity index (χ3n) is 10.0. The van der Waals surface area contributed by atoms with Gasteiger partial charge in [0.15, 0.2) is 0 Å². The predicted molar refractivity (Wildman–Crippen MR) is 183 cm³/mol. The lowest BCUT2D eigenvalue weighted by atomic mass is 9.84. The number of nitrogens with zero attached hydrogens (tertiary/aromatic N) is 7. The predicted octanol–water partition coefficient (Wildman–Crippen LogP) is 6.28. The van der Waals surface area contributed by atoms with E-state index in [9.17, 15) is 0 Å². The molecule has 2 aromatic rings. The van der Waals surface area contributed by atoms with Gasteiger partial charge in [-0.3, -0.25) is 12.5 Å². The smallest absolute Gasteiger partial charge is 0.0974 e. The van der Waals surface area contributed by atoms with Crippen molar-refractivity contribution in [1.29, 1.82) is 0 Å². The molecule has 1 unspecified atom stereocenters. The van der Waals surface area contributed by atoms with Gasteiger partial charge in [0, 0.05) is 73.2 Å². The molecule has 0 N–H and O–H groups in total. The molecule has 0 spiro atoms. The maximum atomic E-state index is 2.68. The van der Waals surface area contributed by atoms with Crippen molar-refractivity contribution in [2.75, 3.05) is 55.9 Å². The van der Waals surface area contributed by atoms with E-state index in [1.807, 2.05) is 0 Å². The van der Waals surface area contributed by atoms with Gasteiger partial charge in [-0.25, -0.2) is 12.2 Å². The molecule has 5 aliphatic heterocycles. The van der Waals surface area contributed by atoms with Gasteiger partial charge >= 0.3 is 0 Å². The second-order valence-electron chi connectivity index (χ2n) is 12.9. The van der Waals surface area contributed by atoms with Crippen molar-refractivity contribution in [3.63, 3.8) is 0 Å². The summed E-state index contributed by atoms with van der Waals surface area (Å²) in [4.78, 5) is 17.7. The van der Waals surface area contributed by atoms with Gasteiger partial charge in [-0.15, -0.1) is 5.70 Å². The molecule has 2 aromatic carbocycles. The number of anilines is 2. The number of hydrogen-bond donors (Lipinski definition) is 0. The van der Waals surface area contributed by atoms with Gasteiger partial charge in [0.1, 0.15) is 0 Å². The fraction of sp³-hybridized carbons (Fsp3) is 0.316. The Bertz CT molecular complexity index is 1620. The van der Waals surface area contributed by atoms with Gasteiger partial charge in [-0.05, 0) is 58.0 Å². The molecule has 232 valence electrons. The largest absolute Gasteiger partial charge is 0.399 e. The minimum atomic E-state index is 0.236. The summed E-state index contributed by atoms with van der Waals surface area (Å²) >= 11 is 0. The molecule has 1 aliphatic carbocycles. The molecule has 0 radical (unpaired) electrons. The summed E-state index contributed by atoms with van der Waals surface area (Å²) in [5.74, 6) is 1.34. The summed E-state index contributed by atoms with van der Waals surface area (Å²) in [5, 5.41) is 0. The summed E-state index contributed by atoms with van der Waals surface area (Å²) in [5.41, 5.74) is 10.6. The lowest BCUT2D eigenvalue weighted by molar-refractivity contribution is 0.139. The SMILES string of the molecule is CC1=CN(CCN2CCC3=C(N4C=C(C)N(c5ccccc5)C4)[C-]4C=C[CH-]C=C4N4C(C)=CN(CC2)C34)CN1c1ccccc1. The van der Waals surface area contributed by atoms with Gasteiger partial charge in [0.2, 0.25) is 0 Å². The highest BCUT2D eigenvalue weighted by Crippen LogP contribution is 2.49. The first kappa shape index (κ1) is 27.9. The molecule has 7 heteroatoms. The Labute approximate surface area is 268 Å². The fourth-order valence-corrected chi connectivity index (χ4v) is 7.81. The van der Waals surface area contributed by atoms with E-state index < -0.39 is 0 Å². The van der Waals surface area contributed by atoms with E-state index in [0.29, 0.717) is 0 Å². The highest BCUT2D eigenvalue weighted by atomic mass is 15.4. The number of benzene rings is 2. The van der Waals surface area contributed by atoms with Crippen LogP contribution in [0, 0.1) is 12.3 Å². The molecular weight excluding hydrogens is 554 g/mol. The zero-order chi connectivity index (χ0) is 30.5. The van der Waals surface area contributed by atoms with E-state index in [2.05, 4.69) is 159 Å². The average Bonchev–Trinajstić information content (AvgIpc) is 3.74. The third-order valence-corrected chi connectivity index (χ3v) is 10.0. The zero-order valence-electron chi connectivity index (χ0n) is 26.7. The Balaban J connectivity index is 1.06. The molecule has 6 aliphatic rings. The first-order valence-electron chi connectivity index (χ1n) is 16.4. The van der Waals surface area contributed by atoms with Crippen molar-refractivity contribution in [3.8, 4) is 0 Å². The molecule has 7 nitrogen and oxygen atoms in total. The minimum Gasteiger partial charge on any atom is -0.399 e. The molecule has 0 bridgehead atoms. The maximum Gasteiger partial charge on any atom is 0.0974 e. The van der Waals surface area contributed by atoms with Crippen molar-refractivity contribution >= 4 is 11.4 Å². The monoisotopic (exact) mass is 597 g/mol. The lowest BCUT2D eigenvalue weighted by Crippen LogP contribution is -2.52. The first-order valence-corrected chi connectivity index (χ1v) is 16.4. The van der Waals surface area contributed by atoms with Crippen LogP contribution in [0.25, 0.3) is 0 Å². The molecule has 0 amide bonds. The van der Waals surface area contributed by atoms with Gasteiger partial charge in [0.25, 0.3) is 0 Å². The van der Waals surface area contributed by atoms with E-state index in [-0.39, 0.29) is 6.17 Å². The summed E-state index contributed by atoms with van der Waals surface area (Å²) < 4.78 is 0.